The van der Waals surface area contributed by atoms with E-state index in [-0.39, 0.29) is 11.4 Å². The number of carbonyl (C=O) groups excluding carboxylic acids is 1. The molecule has 16 heavy (non-hydrogen) atoms. The van der Waals surface area contributed by atoms with E-state index in [2.05, 4.69) is 22.5 Å². The van der Waals surface area contributed by atoms with Crippen LogP contribution in [0.4, 0.5) is 0 Å². The largest absolute Gasteiger partial charge is 0.444 e. The first-order valence-electron chi connectivity index (χ1n) is 5.04. The molecular weight excluding hydrogens is 270 g/mol. The highest BCUT2D eigenvalue weighted by atomic mass is 79.9. The molecule has 1 amide bonds. The lowest BCUT2D eigenvalue weighted by molar-refractivity contribution is 0.0582. The van der Waals surface area contributed by atoms with Crippen molar-refractivity contribution < 1.29 is 9.21 Å². The van der Waals surface area contributed by atoms with Gasteiger partial charge in [0.2, 0.25) is 0 Å². The Balaban J connectivity index is 2.96. The number of furan rings is 1. The molecule has 0 saturated heterocycles. The Morgan fingerprint density at radius 3 is 2.56 bits per heavy atom. The van der Waals surface area contributed by atoms with E-state index in [0.29, 0.717) is 17.0 Å². The second-order valence-corrected chi connectivity index (χ2v) is 5.26. The normalized spacial score (nSPS) is 11.2. The lowest BCUT2D eigenvalue weighted by Gasteiger charge is -2.34. The molecule has 0 aliphatic heterocycles. The summed E-state index contributed by atoms with van der Waals surface area (Å²) >= 11 is 3.18. The van der Waals surface area contributed by atoms with Crippen molar-refractivity contribution in [3.05, 3.63) is 35.2 Å². The van der Waals surface area contributed by atoms with E-state index in [1.54, 1.807) is 23.1 Å². The SMILES string of the molecule is C=CCN(C(=O)c1ccc(Br)o1)C(C)(C)C. The molecule has 1 rings (SSSR count). The van der Waals surface area contributed by atoms with Gasteiger partial charge in [-0.2, -0.15) is 0 Å². The van der Waals surface area contributed by atoms with E-state index >= 15 is 0 Å². The van der Waals surface area contributed by atoms with Crippen molar-refractivity contribution >= 4 is 21.8 Å². The van der Waals surface area contributed by atoms with Gasteiger partial charge < -0.3 is 9.32 Å². The summed E-state index contributed by atoms with van der Waals surface area (Å²) in [7, 11) is 0. The van der Waals surface area contributed by atoms with Gasteiger partial charge in [0, 0.05) is 12.1 Å². The minimum Gasteiger partial charge on any atom is -0.444 e. The Bertz CT molecular complexity index is 390. The van der Waals surface area contributed by atoms with E-state index < -0.39 is 0 Å². The van der Waals surface area contributed by atoms with E-state index in [0.717, 1.165) is 0 Å². The lowest BCUT2D eigenvalue weighted by atomic mass is 10.1. The number of amides is 1. The summed E-state index contributed by atoms with van der Waals surface area (Å²) in [5.41, 5.74) is -0.259. The highest BCUT2D eigenvalue weighted by Gasteiger charge is 2.28. The molecule has 4 heteroatoms. The second kappa shape index (κ2) is 4.87. The summed E-state index contributed by atoms with van der Waals surface area (Å²) in [6.45, 7) is 10.1. The fourth-order valence-electron chi connectivity index (χ4n) is 1.35. The van der Waals surface area contributed by atoms with Gasteiger partial charge in [0.25, 0.3) is 5.91 Å². The van der Waals surface area contributed by atoms with E-state index in [9.17, 15) is 4.79 Å². The van der Waals surface area contributed by atoms with Crippen LogP contribution < -0.4 is 0 Å². The van der Waals surface area contributed by atoms with Gasteiger partial charge in [-0.05, 0) is 48.8 Å². The number of halogens is 1. The first kappa shape index (κ1) is 13.0. The number of carbonyl (C=O) groups is 1. The molecule has 0 unspecified atom stereocenters. The summed E-state index contributed by atoms with van der Waals surface area (Å²) in [5.74, 6) is 0.210. The van der Waals surface area contributed by atoms with Crippen LogP contribution in [-0.4, -0.2) is 22.9 Å². The van der Waals surface area contributed by atoms with Crippen LogP contribution in [0.25, 0.3) is 0 Å². The highest BCUT2D eigenvalue weighted by Crippen LogP contribution is 2.20. The van der Waals surface area contributed by atoms with Gasteiger partial charge in [-0.15, -0.1) is 6.58 Å². The number of hydrogen-bond donors (Lipinski definition) is 0. The standard InChI is InChI=1S/C12H16BrNO2/c1-5-8-14(12(2,3)4)11(15)9-6-7-10(13)16-9/h5-7H,1,8H2,2-4H3. The molecule has 0 saturated carbocycles. The van der Waals surface area contributed by atoms with E-state index in [1.165, 1.54) is 0 Å². The van der Waals surface area contributed by atoms with Crippen molar-refractivity contribution in [3.63, 3.8) is 0 Å². The monoisotopic (exact) mass is 285 g/mol. The van der Waals surface area contributed by atoms with Gasteiger partial charge >= 0.3 is 0 Å². The van der Waals surface area contributed by atoms with Crippen LogP contribution in [0.5, 0.6) is 0 Å². The van der Waals surface area contributed by atoms with Crippen molar-refractivity contribution in [3.8, 4) is 0 Å². The second-order valence-electron chi connectivity index (χ2n) is 4.48. The number of hydrogen-bond acceptors (Lipinski definition) is 2. The van der Waals surface area contributed by atoms with E-state index in [4.69, 9.17) is 4.42 Å². The Labute approximate surface area is 104 Å². The summed E-state index contributed by atoms with van der Waals surface area (Å²) in [4.78, 5) is 13.9. The van der Waals surface area contributed by atoms with Crippen molar-refractivity contribution in [2.45, 2.75) is 26.3 Å². The van der Waals surface area contributed by atoms with Gasteiger partial charge in [-0.25, -0.2) is 0 Å². The topological polar surface area (TPSA) is 33.5 Å². The van der Waals surface area contributed by atoms with Gasteiger partial charge in [0.15, 0.2) is 10.4 Å². The van der Waals surface area contributed by atoms with Crippen molar-refractivity contribution in [2.24, 2.45) is 0 Å². The molecule has 3 nitrogen and oxygen atoms in total. The smallest absolute Gasteiger partial charge is 0.290 e. The predicted octanol–water partition coefficient (Wildman–Crippen LogP) is 3.47. The highest BCUT2D eigenvalue weighted by molar-refractivity contribution is 9.10. The third-order valence-corrected chi connectivity index (χ3v) is 2.58. The van der Waals surface area contributed by atoms with Gasteiger partial charge in [0.1, 0.15) is 0 Å². The van der Waals surface area contributed by atoms with Crippen LogP contribution in [0.15, 0.2) is 33.9 Å². The molecule has 1 heterocycles. The zero-order chi connectivity index (χ0) is 12.3. The maximum absolute atomic E-state index is 12.2. The lowest BCUT2D eigenvalue weighted by Crippen LogP contribution is -2.45. The first-order valence-corrected chi connectivity index (χ1v) is 5.83. The fraction of sp³-hybridized carbons (Fsp3) is 0.417. The van der Waals surface area contributed by atoms with Crippen molar-refractivity contribution in [1.82, 2.24) is 4.90 Å². The summed E-state index contributed by atoms with van der Waals surface area (Å²) in [6.07, 6.45) is 1.71. The molecule has 0 aromatic carbocycles. The molecule has 0 N–H and O–H groups in total. The van der Waals surface area contributed by atoms with E-state index in [1.807, 2.05) is 20.8 Å². The van der Waals surface area contributed by atoms with Crippen LogP contribution in [-0.2, 0) is 0 Å². The molecule has 0 atom stereocenters. The maximum atomic E-state index is 12.2. The van der Waals surface area contributed by atoms with Crippen LogP contribution >= 0.6 is 15.9 Å². The summed E-state index contributed by atoms with van der Waals surface area (Å²) in [6, 6.07) is 3.37. The molecule has 0 aliphatic rings. The average Bonchev–Trinajstić information content (AvgIpc) is 2.58. The molecule has 0 spiro atoms. The maximum Gasteiger partial charge on any atom is 0.290 e. The Morgan fingerprint density at radius 2 is 2.19 bits per heavy atom. The molecule has 1 aromatic rings. The van der Waals surface area contributed by atoms with Crippen LogP contribution in [0.2, 0.25) is 0 Å². The molecule has 0 radical (unpaired) electrons. The zero-order valence-electron chi connectivity index (χ0n) is 9.79. The summed E-state index contributed by atoms with van der Waals surface area (Å²) in [5, 5.41) is 0. The number of rotatable bonds is 3. The Morgan fingerprint density at radius 1 is 1.56 bits per heavy atom. The minimum absolute atomic E-state index is 0.127. The molecule has 1 aromatic heterocycles. The third-order valence-electron chi connectivity index (χ3n) is 2.15. The Hall–Kier alpha value is -1.03. The van der Waals surface area contributed by atoms with Crippen molar-refractivity contribution in [2.75, 3.05) is 6.54 Å². The first-order chi connectivity index (χ1) is 7.36. The van der Waals surface area contributed by atoms with Gasteiger partial charge in [-0.1, -0.05) is 6.08 Å². The van der Waals surface area contributed by atoms with Crippen molar-refractivity contribution in [1.29, 1.82) is 0 Å². The van der Waals surface area contributed by atoms with Gasteiger partial charge in [0.05, 0.1) is 0 Å². The predicted molar refractivity (Wildman–Crippen MR) is 67.4 cm³/mol. The molecule has 0 fully saturated rings. The third kappa shape index (κ3) is 2.98. The van der Waals surface area contributed by atoms with Gasteiger partial charge in [-0.3, -0.25) is 4.79 Å². The minimum atomic E-state index is -0.259. The Kier molecular flexibility index (Phi) is 3.97. The van der Waals surface area contributed by atoms with Crippen LogP contribution in [0.3, 0.4) is 0 Å². The molecular formula is C12H16BrNO2. The molecule has 0 aliphatic carbocycles. The van der Waals surface area contributed by atoms with Crippen LogP contribution in [0.1, 0.15) is 31.3 Å². The quantitative estimate of drug-likeness (QED) is 0.797. The average molecular weight is 286 g/mol. The van der Waals surface area contributed by atoms with Crippen LogP contribution in [0, 0.1) is 0 Å². The molecule has 88 valence electrons. The zero-order valence-corrected chi connectivity index (χ0v) is 11.4. The summed E-state index contributed by atoms with van der Waals surface area (Å²) < 4.78 is 5.82. The molecule has 0 bridgehead atoms. The fourth-order valence-corrected chi connectivity index (χ4v) is 1.66. The number of nitrogens with zero attached hydrogens (tertiary/aromatic N) is 1.